The topological polar surface area (TPSA) is 91.3 Å². The third kappa shape index (κ3) is 4.14. The van der Waals surface area contributed by atoms with Crippen LogP contribution in [0.1, 0.15) is 52.4 Å². The van der Waals surface area contributed by atoms with Gasteiger partial charge in [0.15, 0.2) is 5.79 Å². The van der Waals surface area contributed by atoms with Crippen molar-refractivity contribution in [3.05, 3.63) is 0 Å². The van der Waals surface area contributed by atoms with Crippen molar-refractivity contribution in [3.8, 4) is 0 Å². The molecule has 29 heavy (non-hydrogen) atoms. The second kappa shape index (κ2) is 7.13. The molecule has 1 saturated heterocycles. The van der Waals surface area contributed by atoms with Gasteiger partial charge in [-0.15, -0.1) is 0 Å². The fourth-order valence-electron chi connectivity index (χ4n) is 6.11. The Morgan fingerprint density at radius 1 is 1.00 bits per heavy atom. The minimum absolute atomic E-state index is 0.142. The van der Waals surface area contributed by atoms with Crippen molar-refractivity contribution in [3.63, 3.8) is 0 Å². The molecule has 1 aliphatic heterocycles. The molecular weight excluding hydrogens is 390 g/mol. The van der Waals surface area contributed by atoms with Gasteiger partial charge >= 0.3 is 18.0 Å². The molecule has 0 aromatic rings. The van der Waals surface area contributed by atoms with Crippen LogP contribution in [-0.2, 0) is 28.5 Å². The van der Waals surface area contributed by atoms with E-state index < -0.39 is 42.1 Å². The van der Waals surface area contributed by atoms with Gasteiger partial charge < -0.3 is 24.1 Å². The Morgan fingerprint density at radius 2 is 1.48 bits per heavy atom. The lowest BCUT2D eigenvalue weighted by atomic mass is 9.49. The van der Waals surface area contributed by atoms with Gasteiger partial charge in [0, 0.05) is 0 Å². The Labute approximate surface area is 168 Å². The zero-order valence-corrected chi connectivity index (χ0v) is 16.7. The molecule has 9 heteroatoms. The summed E-state index contributed by atoms with van der Waals surface area (Å²) in [4.78, 5) is 23.5. The number of rotatable bonds is 7. The number of alkyl halides is 2. The SMILES string of the molecule is CC1(C)OC(COC(=O)C23CC4CC(CC(C4)C2)C3)C(COC(F)(F)C(=O)O)O1. The van der Waals surface area contributed by atoms with Crippen molar-refractivity contribution in [2.45, 2.75) is 76.5 Å². The normalized spacial score (nSPS) is 40.2. The van der Waals surface area contributed by atoms with Crippen molar-refractivity contribution in [1.29, 1.82) is 0 Å². The average Bonchev–Trinajstić information content (AvgIpc) is 2.90. The van der Waals surface area contributed by atoms with E-state index >= 15 is 0 Å². The van der Waals surface area contributed by atoms with Crippen LogP contribution >= 0.6 is 0 Å². The van der Waals surface area contributed by atoms with Crippen LogP contribution in [0.2, 0.25) is 0 Å². The maximum absolute atomic E-state index is 13.3. The van der Waals surface area contributed by atoms with Gasteiger partial charge in [-0.1, -0.05) is 0 Å². The molecule has 7 nitrogen and oxygen atoms in total. The van der Waals surface area contributed by atoms with Crippen LogP contribution in [0, 0.1) is 23.2 Å². The van der Waals surface area contributed by atoms with Crippen molar-refractivity contribution in [2.24, 2.45) is 23.2 Å². The van der Waals surface area contributed by atoms with Gasteiger partial charge in [0.1, 0.15) is 18.8 Å². The van der Waals surface area contributed by atoms with Gasteiger partial charge in [0.05, 0.1) is 12.0 Å². The van der Waals surface area contributed by atoms with Crippen molar-refractivity contribution >= 4 is 11.9 Å². The van der Waals surface area contributed by atoms with Crippen LogP contribution in [0.25, 0.3) is 0 Å². The molecule has 0 aromatic carbocycles. The van der Waals surface area contributed by atoms with E-state index in [9.17, 15) is 18.4 Å². The van der Waals surface area contributed by atoms with E-state index in [0.717, 1.165) is 19.3 Å². The maximum atomic E-state index is 13.3. The minimum atomic E-state index is -4.32. The third-order valence-electron chi connectivity index (χ3n) is 6.81. The fourth-order valence-corrected chi connectivity index (χ4v) is 6.11. The highest BCUT2D eigenvalue weighted by Crippen LogP contribution is 2.60. The first kappa shape index (κ1) is 20.9. The van der Waals surface area contributed by atoms with Gasteiger partial charge in [0.25, 0.3) is 0 Å². The molecule has 0 radical (unpaired) electrons. The summed E-state index contributed by atoms with van der Waals surface area (Å²) in [5, 5.41) is 8.50. The Hall–Kier alpha value is -1.32. The number of halogens is 2. The van der Waals surface area contributed by atoms with Crippen molar-refractivity contribution in [2.75, 3.05) is 13.2 Å². The molecule has 5 aliphatic rings. The van der Waals surface area contributed by atoms with Crippen LogP contribution in [0.5, 0.6) is 0 Å². The monoisotopic (exact) mass is 418 g/mol. The molecule has 4 aliphatic carbocycles. The standard InChI is InChI=1S/C20H28F2O7/c1-18(2)28-14(15(29-18)10-27-20(21,22)16(23)24)9-26-17(25)19-6-11-3-12(7-19)5-13(4-11)8-19/h11-15H,3-10H2,1-2H3,(H,23,24). The molecule has 2 unspecified atom stereocenters. The van der Waals surface area contributed by atoms with Gasteiger partial charge in [-0.3, -0.25) is 4.79 Å². The highest BCUT2D eigenvalue weighted by Gasteiger charge is 2.56. The zero-order valence-electron chi connectivity index (χ0n) is 16.7. The Bertz CT molecular complexity index is 642. The van der Waals surface area contributed by atoms with Crippen molar-refractivity contribution < 1.29 is 42.4 Å². The number of carbonyl (C=O) groups is 2. The van der Waals surface area contributed by atoms with Gasteiger partial charge in [-0.2, -0.15) is 8.78 Å². The molecule has 4 saturated carbocycles. The van der Waals surface area contributed by atoms with E-state index in [2.05, 4.69) is 4.74 Å². The number of ether oxygens (including phenoxy) is 4. The predicted octanol–water partition coefficient (Wildman–Crippen LogP) is 2.96. The number of carboxylic acids is 1. The number of carbonyl (C=O) groups excluding carboxylic acids is 1. The fraction of sp³-hybridized carbons (Fsp3) is 0.900. The molecule has 5 rings (SSSR count). The number of hydrogen-bond acceptors (Lipinski definition) is 6. The number of esters is 1. The summed E-state index contributed by atoms with van der Waals surface area (Å²) >= 11 is 0. The van der Waals surface area contributed by atoms with Crippen LogP contribution in [0.15, 0.2) is 0 Å². The Kier molecular flexibility index (Phi) is 5.15. The van der Waals surface area contributed by atoms with E-state index in [1.54, 1.807) is 13.8 Å². The molecule has 164 valence electrons. The molecule has 0 amide bonds. The van der Waals surface area contributed by atoms with E-state index in [1.807, 2.05) is 0 Å². The number of carboxylic acid groups (broad SMARTS) is 1. The molecule has 1 N–H and O–H groups in total. The summed E-state index contributed by atoms with van der Waals surface area (Å²) in [6.45, 7) is 2.38. The molecule has 0 aromatic heterocycles. The van der Waals surface area contributed by atoms with Gasteiger partial charge in [-0.05, 0) is 70.1 Å². The highest BCUT2D eigenvalue weighted by atomic mass is 19.3. The first-order valence-electron chi connectivity index (χ1n) is 10.3. The summed E-state index contributed by atoms with van der Waals surface area (Å²) in [5.41, 5.74) is -0.425. The molecule has 2 atom stereocenters. The number of aliphatic carboxylic acids is 1. The predicted molar refractivity (Wildman–Crippen MR) is 93.9 cm³/mol. The first-order valence-corrected chi connectivity index (χ1v) is 10.3. The lowest BCUT2D eigenvalue weighted by molar-refractivity contribution is -0.255. The van der Waals surface area contributed by atoms with Crippen LogP contribution in [0.3, 0.4) is 0 Å². The van der Waals surface area contributed by atoms with E-state index in [0.29, 0.717) is 17.8 Å². The van der Waals surface area contributed by atoms with E-state index in [4.69, 9.17) is 19.3 Å². The largest absolute Gasteiger partial charge is 0.475 e. The van der Waals surface area contributed by atoms with Gasteiger partial charge in [-0.25, -0.2) is 4.79 Å². The lowest BCUT2D eigenvalue weighted by Gasteiger charge is -2.55. The highest BCUT2D eigenvalue weighted by molar-refractivity contribution is 5.77. The second-order valence-corrected chi connectivity index (χ2v) is 9.64. The van der Waals surface area contributed by atoms with E-state index in [-0.39, 0.29) is 12.6 Å². The lowest BCUT2D eigenvalue weighted by Crippen LogP contribution is -2.51. The van der Waals surface area contributed by atoms with Crippen molar-refractivity contribution in [1.82, 2.24) is 0 Å². The minimum Gasteiger partial charge on any atom is -0.475 e. The van der Waals surface area contributed by atoms with Crippen LogP contribution in [-0.4, -0.2) is 54.4 Å². The second-order valence-electron chi connectivity index (χ2n) is 9.64. The smallest absolute Gasteiger partial charge is 0.456 e. The third-order valence-corrected chi connectivity index (χ3v) is 6.81. The quantitative estimate of drug-likeness (QED) is 0.636. The summed E-state index contributed by atoms with van der Waals surface area (Å²) in [5.74, 6) is -1.90. The Morgan fingerprint density at radius 3 is 1.97 bits per heavy atom. The summed E-state index contributed by atoms with van der Waals surface area (Å²) in [7, 11) is 0. The summed E-state index contributed by atoms with van der Waals surface area (Å²) in [6, 6.07) is 0. The number of hydrogen-bond donors (Lipinski definition) is 1. The Balaban J connectivity index is 1.36. The summed E-state index contributed by atoms with van der Waals surface area (Å²) in [6.07, 6.45) is 0.101. The molecule has 0 spiro atoms. The summed E-state index contributed by atoms with van der Waals surface area (Å²) < 4.78 is 47.6. The maximum Gasteiger partial charge on any atom is 0.456 e. The first-order chi connectivity index (χ1) is 13.5. The van der Waals surface area contributed by atoms with Crippen LogP contribution < -0.4 is 0 Å². The molecule has 5 fully saturated rings. The average molecular weight is 418 g/mol. The molecule has 1 heterocycles. The molecular formula is C20H28F2O7. The molecule has 4 bridgehead atoms. The zero-order chi connectivity index (χ0) is 21.0. The van der Waals surface area contributed by atoms with Gasteiger partial charge in [0.2, 0.25) is 0 Å². The van der Waals surface area contributed by atoms with E-state index in [1.165, 1.54) is 19.3 Å². The van der Waals surface area contributed by atoms with Crippen LogP contribution in [0.4, 0.5) is 8.78 Å².